The Bertz CT molecular complexity index is 561. The van der Waals surface area contributed by atoms with Gasteiger partial charge in [-0.2, -0.15) is 0 Å². The number of nitrogens with zero attached hydrogens (tertiary/aromatic N) is 1. The van der Waals surface area contributed by atoms with Gasteiger partial charge in [0.1, 0.15) is 0 Å². The van der Waals surface area contributed by atoms with Gasteiger partial charge in [0.05, 0.1) is 12.7 Å². The van der Waals surface area contributed by atoms with Crippen LogP contribution in [0.15, 0.2) is 18.2 Å². The highest BCUT2D eigenvalue weighted by Crippen LogP contribution is 2.52. The van der Waals surface area contributed by atoms with Gasteiger partial charge in [0.2, 0.25) is 5.91 Å². The number of rotatable bonds is 1. The van der Waals surface area contributed by atoms with Crippen LogP contribution in [0.3, 0.4) is 0 Å². The number of anilines is 1. The smallest absolute Gasteiger partial charge is 0.337 e. The molecule has 0 unspecified atom stereocenters. The second-order valence-corrected chi connectivity index (χ2v) is 5.46. The van der Waals surface area contributed by atoms with Gasteiger partial charge >= 0.3 is 5.97 Å². The van der Waals surface area contributed by atoms with E-state index in [1.165, 1.54) is 19.1 Å². The number of fused-ring (bicyclic) bond motifs is 2. The Morgan fingerprint density at radius 3 is 2.58 bits per heavy atom. The fraction of sp³-hybridized carbons (Fsp3) is 0.467. The Hall–Kier alpha value is -1.84. The molecule has 0 aromatic heterocycles. The molecule has 100 valence electrons. The molecule has 1 saturated carbocycles. The number of hydrogen-bond acceptors (Lipinski definition) is 3. The summed E-state index contributed by atoms with van der Waals surface area (Å²) in [6, 6.07) is 5.58. The predicted molar refractivity (Wildman–Crippen MR) is 71.3 cm³/mol. The Morgan fingerprint density at radius 2 is 2.05 bits per heavy atom. The summed E-state index contributed by atoms with van der Waals surface area (Å²) in [4.78, 5) is 25.2. The molecule has 2 aliphatic rings. The number of methoxy groups -OCH3 is 1. The van der Waals surface area contributed by atoms with E-state index in [9.17, 15) is 9.59 Å². The molecular formula is C15H17NO3. The molecule has 1 aliphatic heterocycles. The standard InChI is InChI=1S/C15H17NO3/c1-10(17)16-9-15(6-3-7-15)12-5-4-11(8-13(12)16)14(18)19-2/h4-5,8H,3,6-7,9H2,1-2H3. The lowest BCUT2D eigenvalue weighted by Gasteiger charge is -2.38. The van der Waals surface area contributed by atoms with Crippen molar-refractivity contribution in [3.8, 4) is 0 Å². The normalized spacial score (nSPS) is 18.9. The van der Waals surface area contributed by atoms with Crippen molar-refractivity contribution in [2.24, 2.45) is 0 Å². The van der Waals surface area contributed by atoms with E-state index in [2.05, 4.69) is 0 Å². The van der Waals surface area contributed by atoms with E-state index in [1.54, 1.807) is 24.0 Å². The van der Waals surface area contributed by atoms with Gasteiger partial charge in [0.25, 0.3) is 0 Å². The molecule has 19 heavy (non-hydrogen) atoms. The summed E-state index contributed by atoms with van der Waals surface area (Å²) < 4.78 is 4.74. The average Bonchev–Trinajstić information content (AvgIpc) is 2.72. The van der Waals surface area contributed by atoms with Crippen LogP contribution in [0.2, 0.25) is 0 Å². The highest BCUT2D eigenvalue weighted by Gasteiger charge is 2.47. The second kappa shape index (κ2) is 4.08. The average molecular weight is 259 g/mol. The number of hydrogen-bond donors (Lipinski definition) is 0. The van der Waals surface area contributed by atoms with E-state index in [0.717, 1.165) is 25.1 Å². The minimum absolute atomic E-state index is 0.0343. The van der Waals surface area contributed by atoms with Crippen LogP contribution in [0.1, 0.15) is 42.1 Å². The number of carbonyl (C=O) groups excluding carboxylic acids is 2. The first-order valence-corrected chi connectivity index (χ1v) is 6.58. The molecule has 1 fully saturated rings. The van der Waals surface area contributed by atoms with Gasteiger partial charge in [-0.05, 0) is 30.5 Å². The fourth-order valence-corrected chi connectivity index (χ4v) is 3.23. The topological polar surface area (TPSA) is 46.6 Å². The zero-order valence-electron chi connectivity index (χ0n) is 11.2. The molecule has 1 aromatic rings. The molecule has 1 amide bonds. The summed E-state index contributed by atoms with van der Waals surface area (Å²) in [5, 5.41) is 0. The van der Waals surface area contributed by atoms with Gasteiger partial charge in [-0.3, -0.25) is 4.79 Å². The Morgan fingerprint density at radius 1 is 1.32 bits per heavy atom. The van der Waals surface area contributed by atoms with E-state index < -0.39 is 0 Å². The van der Waals surface area contributed by atoms with E-state index >= 15 is 0 Å². The quantitative estimate of drug-likeness (QED) is 0.727. The van der Waals surface area contributed by atoms with Crippen molar-refractivity contribution >= 4 is 17.6 Å². The van der Waals surface area contributed by atoms with Gasteiger partial charge in [-0.1, -0.05) is 12.5 Å². The second-order valence-electron chi connectivity index (χ2n) is 5.46. The van der Waals surface area contributed by atoms with Gasteiger partial charge in [-0.15, -0.1) is 0 Å². The Kier molecular flexibility index (Phi) is 2.62. The molecule has 0 bridgehead atoms. The third kappa shape index (κ3) is 1.66. The van der Waals surface area contributed by atoms with E-state index in [4.69, 9.17) is 4.74 Å². The maximum atomic E-state index is 11.8. The van der Waals surface area contributed by atoms with Crippen molar-refractivity contribution in [2.45, 2.75) is 31.6 Å². The van der Waals surface area contributed by atoms with Crippen molar-refractivity contribution in [2.75, 3.05) is 18.6 Å². The van der Waals surface area contributed by atoms with Crippen molar-refractivity contribution in [1.82, 2.24) is 0 Å². The van der Waals surface area contributed by atoms with Crippen LogP contribution in [0.4, 0.5) is 5.69 Å². The van der Waals surface area contributed by atoms with Crippen LogP contribution in [0.5, 0.6) is 0 Å². The molecule has 1 aromatic carbocycles. The van der Waals surface area contributed by atoms with E-state index in [-0.39, 0.29) is 17.3 Å². The lowest BCUT2D eigenvalue weighted by Crippen LogP contribution is -2.40. The molecule has 1 aliphatic carbocycles. The molecule has 0 N–H and O–H groups in total. The number of esters is 1. The molecule has 1 heterocycles. The molecule has 3 rings (SSSR count). The minimum atomic E-state index is -0.360. The molecule has 1 spiro atoms. The predicted octanol–water partition coefficient (Wildman–Crippen LogP) is 2.26. The molecular weight excluding hydrogens is 242 g/mol. The first-order valence-electron chi connectivity index (χ1n) is 6.58. The van der Waals surface area contributed by atoms with Crippen LogP contribution < -0.4 is 4.90 Å². The summed E-state index contributed by atoms with van der Waals surface area (Å²) >= 11 is 0. The van der Waals surface area contributed by atoms with Crippen molar-refractivity contribution < 1.29 is 14.3 Å². The first-order chi connectivity index (χ1) is 9.07. The number of ether oxygens (including phenoxy) is 1. The van der Waals surface area contributed by atoms with Gasteiger partial charge < -0.3 is 9.64 Å². The third-order valence-corrected chi connectivity index (χ3v) is 4.43. The maximum Gasteiger partial charge on any atom is 0.337 e. The molecule has 0 radical (unpaired) electrons. The van der Waals surface area contributed by atoms with Gasteiger partial charge in [-0.25, -0.2) is 4.79 Å². The van der Waals surface area contributed by atoms with Crippen LogP contribution in [0.25, 0.3) is 0 Å². The van der Waals surface area contributed by atoms with E-state index in [1.807, 2.05) is 6.07 Å². The molecule has 4 heteroatoms. The summed E-state index contributed by atoms with van der Waals surface area (Å²) in [6.07, 6.45) is 3.46. The van der Waals surface area contributed by atoms with Crippen LogP contribution >= 0.6 is 0 Å². The fourth-order valence-electron chi connectivity index (χ4n) is 3.23. The van der Waals surface area contributed by atoms with Crippen molar-refractivity contribution in [3.63, 3.8) is 0 Å². The lowest BCUT2D eigenvalue weighted by atomic mass is 9.66. The van der Waals surface area contributed by atoms with Gasteiger partial charge in [0.15, 0.2) is 0 Å². The third-order valence-electron chi connectivity index (χ3n) is 4.43. The SMILES string of the molecule is COC(=O)c1ccc2c(c1)N(C(C)=O)CC21CCC1. The van der Waals surface area contributed by atoms with Crippen LogP contribution in [-0.2, 0) is 14.9 Å². The van der Waals surface area contributed by atoms with Gasteiger partial charge in [0, 0.05) is 24.6 Å². The van der Waals surface area contributed by atoms with E-state index in [0.29, 0.717) is 5.56 Å². The van der Waals surface area contributed by atoms with Crippen molar-refractivity contribution in [3.05, 3.63) is 29.3 Å². The molecule has 0 saturated heterocycles. The summed E-state index contributed by atoms with van der Waals surface area (Å²) in [5.74, 6) is -0.326. The highest BCUT2D eigenvalue weighted by molar-refractivity contribution is 5.98. The number of benzene rings is 1. The maximum absolute atomic E-state index is 11.8. The van der Waals surface area contributed by atoms with Crippen LogP contribution in [-0.4, -0.2) is 25.5 Å². The minimum Gasteiger partial charge on any atom is -0.465 e. The summed E-state index contributed by atoms with van der Waals surface area (Å²) in [5.41, 5.74) is 2.73. The Balaban J connectivity index is 2.08. The lowest BCUT2D eigenvalue weighted by molar-refractivity contribution is -0.116. The number of carbonyl (C=O) groups is 2. The summed E-state index contributed by atoms with van der Waals surface area (Å²) in [7, 11) is 1.37. The monoisotopic (exact) mass is 259 g/mol. The first kappa shape index (κ1) is 12.2. The van der Waals surface area contributed by atoms with Crippen molar-refractivity contribution in [1.29, 1.82) is 0 Å². The largest absolute Gasteiger partial charge is 0.465 e. The molecule has 0 atom stereocenters. The highest BCUT2D eigenvalue weighted by atomic mass is 16.5. The Labute approximate surface area is 112 Å². The zero-order chi connectivity index (χ0) is 13.6. The zero-order valence-corrected chi connectivity index (χ0v) is 11.2. The van der Waals surface area contributed by atoms with Crippen LogP contribution in [0, 0.1) is 0 Å². The summed E-state index contributed by atoms with van der Waals surface area (Å²) in [6.45, 7) is 2.33. The number of amides is 1. The molecule has 4 nitrogen and oxygen atoms in total.